The predicted octanol–water partition coefficient (Wildman–Crippen LogP) is 3.63. The van der Waals surface area contributed by atoms with E-state index in [1.807, 2.05) is 38.1 Å². The molecule has 2 aliphatic heterocycles. The molecule has 5 heteroatoms. The Kier molecular flexibility index (Phi) is 2.20. The van der Waals surface area contributed by atoms with Gasteiger partial charge in [-0.3, -0.25) is 0 Å². The SMILES string of the molecule is Cc1ccc2c(c1)P1c3cc(C)ccc3OP1(=O)O2. The summed E-state index contributed by atoms with van der Waals surface area (Å²) in [6.07, 6.45) is 0. The molecule has 0 saturated carbocycles. The monoisotopic (exact) mass is 290 g/mol. The van der Waals surface area contributed by atoms with Gasteiger partial charge in [-0.1, -0.05) is 23.3 Å². The molecular weight excluding hydrogens is 278 g/mol. The van der Waals surface area contributed by atoms with Crippen LogP contribution in [0.25, 0.3) is 0 Å². The molecule has 0 fully saturated rings. The molecule has 0 atom stereocenters. The van der Waals surface area contributed by atoms with Crippen molar-refractivity contribution in [2.45, 2.75) is 13.8 Å². The maximum Gasteiger partial charge on any atom is 0.458 e. The molecule has 0 radical (unpaired) electrons. The molecule has 0 aliphatic carbocycles. The number of hydrogen-bond acceptors (Lipinski definition) is 3. The van der Waals surface area contributed by atoms with E-state index in [4.69, 9.17) is 9.05 Å². The fourth-order valence-electron chi connectivity index (χ4n) is 2.48. The van der Waals surface area contributed by atoms with E-state index in [-0.39, 0.29) is 0 Å². The fraction of sp³-hybridized carbons (Fsp3) is 0.143. The molecule has 96 valence electrons. The lowest BCUT2D eigenvalue weighted by Gasteiger charge is -2.08. The summed E-state index contributed by atoms with van der Waals surface area (Å²) in [5, 5.41) is 2.09. The van der Waals surface area contributed by atoms with E-state index in [1.54, 1.807) is 0 Å². The molecule has 2 heterocycles. The van der Waals surface area contributed by atoms with E-state index in [9.17, 15) is 4.57 Å². The summed E-state index contributed by atoms with van der Waals surface area (Å²) in [6.45, 7) is 4.07. The van der Waals surface area contributed by atoms with Gasteiger partial charge in [0.15, 0.2) is 0 Å². The molecule has 3 nitrogen and oxygen atoms in total. The van der Waals surface area contributed by atoms with Crippen molar-refractivity contribution in [3.8, 4) is 11.5 Å². The largest absolute Gasteiger partial charge is 0.458 e. The van der Waals surface area contributed by atoms with Crippen LogP contribution in [-0.2, 0) is 4.57 Å². The Morgan fingerprint density at radius 3 is 1.84 bits per heavy atom. The standard InChI is InChI=1S/C14H12O3P2/c1-9-3-5-11-13(7-9)18-14-8-10(2)4-6-12(14)17-19(18,15)16-11/h3-8H,1-2H3. The van der Waals surface area contributed by atoms with Gasteiger partial charge in [0.1, 0.15) is 19.1 Å². The van der Waals surface area contributed by atoms with Gasteiger partial charge >= 0.3 is 7.28 Å². The molecule has 2 aromatic carbocycles. The Balaban J connectivity index is 1.99. The van der Waals surface area contributed by atoms with Gasteiger partial charge in [-0.15, -0.1) is 0 Å². The molecule has 4 rings (SSSR count). The van der Waals surface area contributed by atoms with Crippen molar-refractivity contribution in [3.05, 3.63) is 47.5 Å². The lowest BCUT2D eigenvalue weighted by Crippen LogP contribution is -2.06. The molecule has 0 saturated heterocycles. The van der Waals surface area contributed by atoms with Gasteiger partial charge in [-0.25, -0.2) is 4.57 Å². The Hall–Kier alpha value is -1.30. The van der Waals surface area contributed by atoms with Crippen molar-refractivity contribution in [3.63, 3.8) is 0 Å². The predicted molar refractivity (Wildman–Crippen MR) is 77.4 cm³/mol. The van der Waals surface area contributed by atoms with Crippen LogP contribution in [0.5, 0.6) is 11.5 Å². The topological polar surface area (TPSA) is 35.5 Å². The second-order valence-corrected chi connectivity index (χ2v) is 10.5. The highest BCUT2D eigenvalue weighted by Gasteiger charge is 2.54. The van der Waals surface area contributed by atoms with Crippen LogP contribution < -0.4 is 19.7 Å². The summed E-state index contributed by atoms with van der Waals surface area (Å²) in [5.41, 5.74) is 2.30. The quantitative estimate of drug-likeness (QED) is 0.695. The minimum Gasteiger partial charge on any atom is -0.412 e. The average Bonchev–Trinajstić information content (AvgIpc) is 2.78. The lowest BCUT2D eigenvalue weighted by atomic mass is 10.2. The third-order valence-electron chi connectivity index (χ3n) is 3.36. The number of hydrogen-bond donors (Lipinski definition) is 0. The molecule has 19 heavy (non-hydrogen) atoms. The van der Waals surface area contributed by atoms with Gasteiger partial charge in [0.05, 0.1) is 0 Å². The van der Waals surface area contributed by atoms with Gasteiger partial charge < -0.3 is 9.05 Å². The number of benzene rings is 2. The maximum atomic E-state index is 12.9. The highest BCUT2D eigenvalue weighted by molar-refractivity contribution is 8.36. The minimum atomic E-state index is -3.07. The lowest BCUT2D eigenvalue weighted by molar-refractivity contribution is 0.415. The first-order valence-electron chi connectivity index (χ1n) is 6.08. The van der Waals surface area contributed by atoms with Crippen molar-refractivity contribution in [1.29, 1.82) is 0 Å². The second kappa shape index (κ2) is 3.62. The smallest absolute Gasteiger partial charge is 0.412 e. The Morgan fingerprint density at radius 1 is 0.895 bits per heavy atom. The molecule has 0 aromatic heterocycles. The van der Waals surface area contributed by atoms with E-state index in [0.717, 1.165) is 21.7 Å². The Bertz CT molecular complexity index is 695. The van der Waals surface area contributed by atoms with Crippen LogP contribution in [0.15, 0.2) is 36.4 Å². The Labute approximate surface area is 112 Å². The highest BCUT2D eigenvalue weighted by atomic mass is 32.1. The molecule has 0 spiro atoms. The van der Waals surface area contributed by atoms with Crippen LogP contribution in [0, 0.1) is 13.8 Å². The van der Waals surface area contributed by atoms with Crippen LogP contribution in [0.2, 0.25) is 0 Å². The minimum absolute atomic E-state index is 0.715. The summed E-state index contributed by atoms with van der Waals surface area (Å²) < 4.78 is 24.2. The van der Waals surface area contributed by atoms with Crippen molar-refractivity contribution in [2.75, 3.05) is 0 Å². The first-order valence-corrected chi connectivity index (χ1v) is 9.67. The maximum absolute atomic E-state index is 12.9. The van der Waals surface area contributed by atoms with Gasteiger partial charge in [0, 0.05) is 10.6 Å². The highest BCUT2D eigenvalue weighted by Crippen LogP contribution is 2.82. The van der Waals surface area contributed by atoms with Crippen molar-refractivity contribution in [1.82, 2.24) is 0 Å². The van der Waals surface area contributed by atoms with Crippen LogP contribution in [0.1, 0.15) is 11.1 Å². The molecule has 2 aliphatic rings. The summed E-state index contributed by atoms with van der Waals surface area (Å²) in [7, 11) is -4.10. The summed E-state index contributed by atoms with van der Waals surface area (Å²) in [4.78, 5) is 0. The molecule has 0 bridgehead atoms. The normalized spacial score (nSPS) is 26.1. The number of rotatable bonds is 0. The zero-order chi connectivity index (χ0) is 13.2. The van der Waals surface area contributed by atoms with Crippen LogP contribution >= 0.6 is 14.9 Å². The number of aryl methyl sites for hydroxylation is 2. The summed E-state index contributed by atoms with van der Waals surface area (Å²) in [5.74, 6) is 1.43. The average molecular weight is 290 g/mol. The molecule has 0 amide bonds. The van der Waals surface area contributed by atoms with Crippen molar-refractivity contribution < 1.29 is 13.6 Å². The summed E-state index contributed by atoms with van der Waals surface area (Å²) >= 11 is 0. The first kappa shape index (κ1) is 11.5. The van der Waals surface area contributed by atoms with E-state index in [1.165, 1.54) is 0 Å². The van der Waals surface area contributed by atoms with Gasteiger partial charge in [-0.2, -0.15) is 0 Å². The van der Waals surface area contributed by atoms with Crippen molar-refractivity contribution in [2.24, 2.45) is 0 Å². The van der Waals surface area contributed by atoms with Crippen LogP contribution in [0.3, 0.4) is 0 Å². The first-order chi connectivity index (χ1) is 9.07. The molecular formula is C14H12O3P2. The third kappa shape index (κ3) is 1.52. The van der Waals surface area contributed by atoms with E-state index >= 15 is 0 Å². The Morgan fingerprint density at radius 2 is 1.37 bits per heavy atom. The van der Waals surface area contributed by atoms with E-state index in [2.05, 4.69) is 12.1 Å². The van der Waals surface area contributed by atoms with Crippen LogP contribution in [0.4, 0.5) is 0 Å². The fourth-order valence-corrected chi connectivity index (χ4v) is 9.28. The third-order valence-corrected chi connectivity index (χ3v) is 9.57. The molecule has 0 unspecified atom stereocenters. The van der Waals surface area contributed by atoms with Crippen molar-refractivity contribution >= 4 is 25.5 Å². The van der Waals surface area contributed by atoms with Crippen LogP contribution in [-0.4, -0.2) is 0 Å². The van der Waals surface area contributed by atoms with E-state index < -0.39 is 14.9 Å². The zero-order valence-electron chi connectivity index (χ0n) is 10.6. The van der Waals surface area contributed by atoms with E-state index in [0.29, 0.717) is 11.5 Å². The van der Waals surface area contributed by atoms with Gasteiger partial charge in [0.2, 0.25) is 0 Å². The van der Waals surface area contributed by atoms with Gasteiger partial charge in [0.25, 0.3) is 0 Å². The van der Waals surface area contributed by atoms with Gasteiger partial charge in [-0.05, 0) is 38.1 Å². The second-order valence-electron chi connectivity index (χ2n) is 4.91. The zero-order valence-corrected chi connectivity index (χ0v) is 12.4. The number of fused-ring (bicyclic) bond motifs is 5. The molecule has 0 N–H and O–H groups in total. The summed E-state index contributed by atoms with van der Waals surface area (Å²) in [6, 6.07) is 11.9. The molecule has 2 aromatic rings.